The van der Waals surface area contributed by atoms with E-state index in [4.69, 9.17) is 15.2 Å². The molecule has 5 N–H and O–H groups in total. The Morgan fingerprint density at radius 3 is 1.68 bits per heavy atom. The molecule has 2 aromatic heterocycles. The number of carbonyl (C=O) groups excluding carboxylic acids is 3. The Morgan fingerprint density at radius 1 is 0.774 bits per heavy atom. The molecule has 6 rings (SSSR count). The van der Waals surface area contributed by atoms with Crippen LogP contribution in [0.5, 0.6) is 11.5 Å². The number of imidazole rings is 2. The number of nitrogens with zero attached hydrogens (tertiary/aromatic N) is 4. The second kappa shape index (κ2) is 19.2. The number of ether oxygens (including phenoxy) is 2. The Bertz CT molecular complexity index is 1810. The molecular formula is C39H52BN8O5. The number of carbonyl (C=O) groups is 3. The molecule has 53 heavy (non-hydrogen) atoms. The topological polar surface area (TPSA) is 167 Å². The second-order valence-corrected chi connectivity index (χ2v) is 13.9. The fourth-order valence-electron chi connectivity index (χ4n) is 7.38. The maximum absolute atomic E-state index is 12.9. The van der Waals surface area contributed by atoms with Crippen molar-refractivity contribution in [2.45, 2.75) is 76.3 Å². The number of anilines is 2. The standard InChI is InChI=1S/C20H26BN4O3.C19H26N4O2/c1-25-13-22-11-17(25)16-9-8-15(10-18(16)28-2)23-20(27)19(24-21-12-26)14-6-4-3-5-7-14;1-23-12-21-11-16(23)15-9-8-14(10-17(15)25-2)22-19(24)18(20)13-6-4-3-5-7-13/h8-14,19,24H,3-7H2,1-2H3,(H,23,27);8-13,18H,3-7,20H2,1-2H3,(H,22,24)/t19-;18-/m00/s1. The molecule has 281 valence electrons. The van der Waals surface area contributed by atoms with Crippen molar-refractivity contribution >= 4 is 36.8 Å². The molecule has 2 saturated carbocycles. The van der Waals surface area contributed by atoms with Gasteiger partial charge < -0.3 is 45.0 Å². The molecule has 0 bridgehead atoms. The fourth-order valence-corrected chi connectivity index (χ4v) is 7.38. The summed E-state index contributed by atoms with van der Waals surface area (Å²) in [4.78, 5) is 44.5. The summed E-state index contributed by atoms with van der Waals surface area (Å²) in [6, 6.07) is 10.3. The second-order valence-electron chi connectivity index (χ2n) is 13.9. The Balaban J connectivity index is 0.000000206. The highest BCUT2D eigenvalue weighted by Crippen LogP contribution is 2.34. The van der Waals surface area contributed by atoms with Crippen molar-refractivity contribution in [3.8, 4) is 34.0 Å². The summed E-state index contributed by atoms with van der Waals surface area (Å²) >= 11 is 0. The van der Waals surface area contributed by atoms with Crippen LogP contribution >= 0.6 is 0 Å². The van der Waals surface area contributed by atoms with Gasteiger partial charge in [0.2, 0.25) is 11.8 Å². The van der Waals surface area contributed by atoms with Gasteiger partial charge in [0.15, 0.2) is 0 Å². The fraction of sp³-hybridized carbons (Fsp3) is 0.462. The van der Waals surface area contributed by atoms with Crippen LogP contribution in [0.25, 0.3) is 22.5 Å². The van der Waals surface area contributed by atoms with Crippen LogP contribution in [-0.4, -0.2) is 70.8 Å². The predicted octanol–water partition coefficient (Wildman–Crippen LogP) is 5.32. The van der Waals surface area contributed by atoms with Crippen molar-refractivity contribution in [1.82, 2.24) is 24.3 Å². The highest BCUT2D eigenvalue weighted by Gasteiger charge is 2.30. The first kappa shape index (κ1) is 39.3. The summed E-state index contributed by atoms with van der Waals surface area (Å²) in [7, 11) is 8.38. The van der Waals surface area contributed by atoms with Crippen molar-refractivity contribution in [1.29, 1.82) is 0 Å². The number of methoxy groups -OCH3 is 2. The van der Waals surface area contributed by atoms with Gasteiger partial charge in [-0.3, -0.25) is 9.59 Å². The van der Waals surface area contributed by atoms with E-state index in [9.17, 15) is 14.4 Å². The predicted molar refractivity (Wildman–Crippen MR) is 208 cm³/mol. The van der Waals surface area contributed by atoms with Crippen molar-refractivity contribution < 1.29 is 23.9 Å². The van der Waals surface area contributed by atoms with Gasteiger partial charge in [0.05, 0.1) is 68.9 Å². The molecule has 2 aliphatic rings. The lowest BCUT2D eigenvalue weighted by Gasteiger charge is -2.29. The van der Waals surface area contributed by atoms with Gasteiger partial charge in [-0.25, -0.2) is 9.97 Å². The number of benzene rings is 2. The van der Waals surface area contributed by atoms with Crippen molar-refractivity contribution in [2.24, 2.45) is 31.7 Å². The highest BCUT2D eigenvalue weighted by molar-refractivity contribution is 6.64. The molecule has 0 saturated heterocycles. The normalized spacial score (nSPS) is 16.0. The zero-order valence-electron chi connectivity index (χ0n) is 31.2. The monoisotopic (exact) mass is 723 g/mol. The third-order valence-electron chi connectivity index (χ3n) is 10.3. The molecule has 0 spiro atoms. The lowest BCUT2D eigenvalue weighted by Crippen LogP contribution is -2.48. The van der Waals surface area contributed by atoms with Crippen LogP contribution in [0.4, 0.5) is 11.4 Å². The summed E-state index contributed by atoms with van der Waals surface area (Å²) in [5.41, 5.74) is 11.2. The van der Waals surface area contributed by atoms with E-state index in [0.717, 1.165) is 61.0 Å². The minimum Gasteiger partial charge on any atom is -0.496 e. The molecule has 2 amide bonds. The van der Waals surface area contributed by atoms with E-state index in [1.54, 1.807) is 39.3 Å². The molecule has 2 atom stereocenters. The van der Waals surface area contributed by atoms with E-state index in [-0.39, 0.29) is 23.7 Å². The number of nitrogens with one attached hydrogen (secondary N) is 3. The van der Waals surface area contributed by atoms with Gasteiger partial charge in [-0.2, -0.15) is 0 Å². The summed E-state index contributed by atoms with van der Waals surface area (Å²) in [6.07, 6.45) is 18.8. The summed E-state index contributed by atoms with van der Waals surface area (Å²) in [5, 5.41) is 8.89. The van der Waals surface area contributed by atoms with Crippen LogP contribution in [0.2, 0.25) is 0 Å². The molecule has 0 aliphatic heterocycles. The number of aromatic nitrogens is 4. The van der Waals surface area contributed by atoms with Gasteiger partial charge in [-0.15, -0.1) is 0 Å². The van der Waals surface area contributed by atoms with Gasteiger partial charge in [-0.1, -0.05) is 38.5 Å². The first-order valence-electron chi connectivity index (χ1n) is 18.4. The van der Waals surface area contributed by atoms with Gasteiger partial charge in [0, 0.05) is 48.7 Å². The molecule has 1 radical (unpaired) electrons. The summed E-state index contributed by atoms with van der Waals surface area (Å²) in [5.74, 6) is 1.59. The van der Waals surface area contributed by atoms with Crippen LogP contribution in [0, 0.1) is 11.8 Å². The summed E-state index contributed by atoms with van der Waals surface area (Å²) < 4.78 is 14.9. The Hall–Kier alpha value is -4.95. The van der Waals surface area contributed by atoms with Gasteiger partial charge in [0.25, 0.3) is 7.41 Å². The Kier molecular flexibility index (Phi) is 14.2. The lowest BCUT2D eigenvalue weighted by molar-refractivity contribution is -0.119. The SMILES string of the molecule is COc1cc(NC(=O)[C@@H](N)C2CCCCC2)ccc1-c1cncn1C.COc1cc(NC(=O)[C@@H](N[B]C=O)C2CCCCC2)ccc1-c1cncn1C. The average Bonchev–Trinajstić information content (AvgIpc) is 3.82. The van der Waals surface area contributed by atoms with Crippen LogP contribution in [0.1, 0.15) is 64.2 Å². The molecule has 2 aromatic carbocycles. The Morgan fingerprint density at radius 2 is 1.25 bits per heavy atom. The number of rotatable bonds is 13. The smallest absolute Gasteiger partial charge is 0.291 e. The first-order valence-corrected chi connectivity index (χ1v) is 18.4. The van der Waals surface area contributed by atoms with E-state index < -0.39 is 12.1 Å². The number of aryl methyl sites for hydroxylation is 2. The highest BCUT2D eigenvalue weighted by atomic mass is 16.5. The number of amides is 2. The van der Waals surface area contributed by atoms with E-state index in [1.165, 1.54) is 33.1 Å². The molecule has 2 aliphatic carbocycles. The minimum absolute atomic E-state index is 0.123. The van der Waals surface area contributed by atoms with E-state index in [0.29, 0.717) is 29.1 Å². The molecule has 13 nitrogen and oxygen atoms in total. The lowest BCUT2D eigenvalue weighted by atomic mass is 9.81. The molecular weight excluding hydrogens is 671 g/mol. The molecule has 2 fully saturated rings. The minimum atomic E-state index is -0.456. The number of hydrogen-bond acceptors (Lipinski definition) is 9. The van der Waals surface area contributed by atoms with Gasteiger partial charge in [-0.05, 0) is 61.8 Å². The van der Waals surface area contributed by atoms with Crippen molar-refractivity contribution in [2.75, 3.05) is 24.9 Å². The molecule has 4 aromatic rings. The van der Waals surface area contributed by atoms with Gasteiger partial charge >= 0.3 is 0 Å². The number of nitrogens with two attached hydrogens (primary N) is 1. The quantitative estimate of drug-likeness (QED) is 0.105. The maximum atomic E-state index is 12.9. The molecule has 0 unspecified atom stereocenters. The van der Waals surface area contributed by atoms with Crippen LogP contribution in [-0.2, 0) is 28.5 Å². The third-order valence-corrected chi connectivity index (χ3v) is 10.3. The Labute approximate surface area is 312 Å². The largest absolute Gasteiger partial charge is 0.496 e. The zero-order chi connectivity index (χ0) is 37.7. The van der Waals surface area contributed by atoms with E-state index in [1.807, 2.05) is 59.6 Å². The van der Waals surface area contributed by atoms with Crippen LogP contribution in [0.15, 0.2) is 61.4 Å². The number of hydrogen-bond donors (Lipinski definition) is 4. The van der Waals surface area contributed by atoms with Crippen LogP contribution < -0.4 is 31.1 Å². The molecule has 14 heteroatoms. The van der Waals surface area contributed by atoms with Gasteiger partial charge in [0.1, 0.15) is 11.5 Å². The van der Waals surface area contributed by atoms with E-state index >= 15 is 0 Å². The average molecular weight is 724 g/mol. The van der Waals surface area contributed by atoms with Crippen molar-refractivity contribution in [3.63, 3.8) is 0 Å². The molecule has 2 heterocycles. The van der Waals surface area contributed by atoms with Crippen LogP contribution in [0.3, 0.4) is 0 Å². The van der Waals surface area contributed by atoms with E-state index in [2.05, 4.69) is 25.8 Å². The summed E-state index contributed by atoms with van der Waals surface area (Å²) in [6.45, 7) is 0. The first-order chi connectivity index (χ1) is 25.7. The van der Waals surface area contributed by atoms with Crippen molar-refractivity contribution in [3.05, 3.63) is 61.4 Å². The zero-order valence-corrected chi connectivity index (χ0v) is 31.2. The maximum Gasteiger partial charge on any atom is 0.291 e. The third kappa shape index (κ3) is 10.1.